The maximum atomic E-state index is 12.8. The summed E-state index contributed by atoms with van der Waals surface area (Å²) < 4.78 is 43.7. The molecule has 0 fully saturated rings. The highest BCUT2D eigenvalue weighted by molar-refractivity contribution is 6.06. The second-order valence-electron chi connectivity index (χ2n) is 4.48. The molecule has 0 aliphatic rings. The van der Waals surface area contributed by atoms with E-state index in [9.17, 15) is 18.0 Å². The predicted molar refractivity (Wildman–Crippen MR) is 73.9 cm³/mol. The minimum absolute atomic E-state index is 0.0516. The van der Waals surface area contributed by atoms with Crippen molar-refractivity contribution in [3.8, 4) is 5.75 Å². The summed E-state index contributed by atoms with van der Waals surface area (Å²) in [6.07, 6.45) is -4.70. The fraction of sp³-hybridized carbons (Fsp3) is 0.286. The highest BCUT2D eigenvalue weighted by Crippen LogP contribution is 2.31. The van der Waals surface area contributed by atoms with E-state index in [2.05, 4.69) is 15.5 Å². The number of ether oxygens (including phenoxy) is 1. The lowest BCUT2D eigenvalue weighted by Gasteiger charge is -2.09. The van der Waals surface area contributed by atoms with Crippen LogP contribution >= 0.6 is 0 Å². The van der Waals surface area contributed by atoms with Crippen molar-refractivity contribution in [2.24, 2.45) is 0 Å². The molecule has 0 unspecified atom stereocenters. The lowest BCUT2D eigenvalue weighted by Crippen LogP contribution is -2.18. The first-order chi connectivity index (χ1) is 10.3. The van der Waals surface area contributed by atoms with E-state index in [1.165, 1.54) is 6.92 Å². The van der Waals surface area contributed by atoms with Crippen LogP contribution in [0, 0.1) is 6.92 Å². The Hall–Kier alpha value is -2.51. The molecule has 0 aliphatic heterocycles. The molecule has 0 bridgehead atoms. The predicted octanol–water partition coefficient (Wildman–Crippen LogP) is 3.39. The van der Waals surface area contributed by atoms with E-state index in [0.717, 1.165) is 0 Å². The van der Waals surface area contributed by atoms with E-state index in [4.69, 9.17) is 4.74 Å². The van der Waals surface area contributed by atoms with Crippen LogP contribution < -0.4 is 10.1 Å². The number of amides is 1. The molecule has 1 aromatic carbocycles. The number of anilines is 1. The van der Waals surface area contributed by atoms with Gasteiger partial charge in [0.25, 0.3) is 5.91 Å². The summed E-state index contributed by atoms with van der Waals surface area (Å²) in [5.74, 6) is -0.265. The quantitative estimate of drug-likeness (QED) is 0.909. The van der Waals surface area contributed by atoms with E-state index < -0.39 is 23.3 Å². The van der Waals surface area contributed by atoms with Gasteiger partial charge in [-0.3, -0.25) is 9.89 Å². The van der Waals surface area contributed by atoms with E-state index in [1.807, 2.05) is 6.92 Å². The monoisotopic (exact) mass is 313 g/mol. The zero-order valence-electron chi connectivity index (χ0n) is 11.9. The van der Waals surface area contributed by atoms with Gasteiger partial charge in [0.1, 0.15) is 5.75 Å². The van der Waals surface area contributed by atoms with Gasteiger partial charge in [-0.15, -0.1) is 0 Å². The summed E-state index contributed by atoms with van der Waals surface area (Å²) in [6.45, 7) is 3.68. The number of hydrogen-bond donors (Lipinski definition) is 2. The molecule has 118 valence electrons. The van der Waals surface area contributed by atoms with Crippen molar-refractivity contribution in [3.63, 3.8) is 0 Å². The average Bonchev–Trinajstić information content (AvgIpc) is 2.83. The van der Waals surface area contributed by atoms with Gasteiger partial charge in [0, 0.05) is 11.4 Å². The van der Waals surface area contributed by atoms with Crippen LogP contribution in [0.5, 0.6) is 5.75 Å². The SMILES string of the molecule is CCOc1ccc(NC(=O)c2c(C(F)(F)F)n[nH]c2C)cc1. The van der Waals surface area contributed by atoms with Gasteiger partial charge in [0.15, 0.2) is 5.69 Å². The molecule has 22 heavy (non-hydrogen) atoms. The maximum Gasteiger partial charge on any atom is 0.435 e. The normalized spacial score (nSPS) is 11.3. The Bertz CT molecular complexity index is 663. The van der Waals surface area contributed by atoms with Gasteiger partial charge in [-0.05, 0) is 38.1 Å². The van der Waals surface area contributed by atoms with Gasteiger partial charge < -0.3 is 10.1 Å². The Morgan fingerprint density at radius 3 is 2.50 bits per heavy atom. The highest BCUT2D eigenvalue weighted by atomic mass is 19.4. The number of nitrogens with zero attached hydrogens (tertiary/aromatic N) is 1. The fourth-order valence-corrected chi connectivity index (χ4v) is 1.91. The van der Waals surface area contributed by atoms with Crippen LogP contribution in [0.2, 0.25) is 0 Å². The molecule has 1 aromatic heterocycles. The Kier molecular flexibility index (Phi) is 4.39. The molecule has 1 amide bonds. The van der Waals surface area contributed by atoms with Crippen LogP contribution in [0.15, 0.2) is 24.3 Å². The van der Waals surface area contributed by atoms with Gasteiger partial charge >= 0.3 is 6.18 Å². The molecule has 1 heterocycles. The zero-order valence-corrected chi connectivity index (χ0v) is 11.9. The van der Waals surface area contributed by atoms with Crippen molar-refractivity contribution in [2.75, 3.05) is 11.9 Å². The van der Waals surface area contributed by atoms with Crippen LogP contribution in [0.4, 0.5) is 18.9 Å². The number of aryl methyl sites for hydroxylation is 1. The number of benzene rings is 1. The number of nitrogens with one attached hydrogen (secondary N) is 2. The number of H-pyrrole nitrogens is 1. The zero-order chi connectivity index (χ0) is 16.3. The number of carbonyl (C=O) groups is 1. The van der Waals surface area contributed by atoms with E-state index in [1.54, 1.807) is 24.3 Å². The summed E-state index contributed by atoms with van der Waals surface area (Å²) in [6, 6.07) is 6.33. The largest absolute Gasteiger partial charge is 0.494 e. The average molecular weight is 313 g/mol. The molecule has 2 N–H and O–H groups in total. The molecule has 8 heteroatoms. The third kappa shape index (κ3) is 3.38. The molecule has 2 aromatic rings. The molecular weight excluding hydrogens is 299 g/mol. The number of hydrogen-bond acceptors (Lipinski definition) is 3. The molecule has 0 saturated carbocycles. The molecule has 5 nitrogen and oxygen atoms in total. The number of rotatable bonds is 4. The van der Waals surface area contributed by atoms with Crippen LogP contribution in [0.1, 0.15) is 28.7 Å². The summed E-state index contributed by atoms with van der Waals surface area (Å²) in [5.41, 5.74) is -1.33. The second-order valence-corrected chi connectivity index (χ2v) is 4.48. The number of alkyl halides is 3. The maximum absolute atomic E-state index is 12.8. The molecule has 0 atom stereocenters. The second kappa shape index (κ2) is 6.08. The third-order valence-corrected chi connectivity index (χ3v) is 2.87. The van der Waals surface area contributed by atoms with Crippen molar-refractivity contribution in [2.45, 2.75) is 20.0 Å². The first-order valence-electron chi connectivity index (χ1n) is 6.49. The lowest BCUT2D eigenvalue weighted by molar-refractivity contribution is -0.141. The van der Waals surface area contributed by atoms with Crippen LogP contribution in [0.3, 0.4) is 0 Å². The van der Waals surface area contributed by atoms with E-state index in [0.29, 0.717) is 18.0 Å². The summed E-state index contributed by atoms with van der Waals surface area (Å²) in [4.78, 5) is 12.1. The first-order valence-corrected chi connectivity index (χ1v) is 6.49. The van der Waals surface area contributed by atoms with Crippen molar-refractivity contribution >= 4 is 11.6 Å². The van der Waals surface area contributed by atoms with E-state index in [-0.39, 0.29) is 5.69 Å². The van der Waals surface area contributed by atoms with Crippen molar-refractivity contribution in [3.05, 3.63) is 41.2 Å². The highest BCUT2D eigenvalue weighted by Gasteiger charge is 2.39. The summed E-state index contributed by atoms with van der Waals surface area (Å²) in [7, 11) is 0. The topological polar surface area (TPSA) is 67.0 Å². The van der Waals surface area contributed by atoms with Gasteiger partial charge in [-0.1, -0.05) is 0 Å². The Balaban J connectivity index is 2.21. The molecule has 0 radical (unpaired) electrons. The summed E-state index contributed by atoms with van der Waals surface area (Å²) in [5, 5.41) is 7.76. The molecular formula is C14H14F3N3O2. The molecule has 0 spiro atoms. The van der Waals surface area contributed by atoms with Crippen molar-refractivity contribution in [1.82, 2.24) is 10.2 Å². The Morgan fingerprint density at radius 2 is 1.95 bits per heavy atom. The van der Waals surface area contributed by atoms with Crippen LogP contribution in [-0.4, -0.2) is 22.7 Å². The lowest BCUT2D eigenvalue weighted by atomic mass is 10.1. The molecule has 0 saturated heterocycles. The van der Waals surface area contributed by atoms with Gasteiger partial charge in [0.05, 0.1) is 12.2 Å². The minimum atomic E-state index is -4.70. The summed E-state index contributed by atoms with van der Waals surface area (Å²) >= 11 is 0. The Labute approximate surface area is 124 Å². The first kappa shape index (κ1) is 15.9. The number of aromatic nitrogens is 2. The molecule has 2 rings (SSSR count). The van der Waals surface area contributed by atoms with Gasteiger partial charge in [0.2, 0.25) is 0 Å². The van der Waals surface area contributed by atoms with Gasteiger partial charge in [-0.25, -0.2) is 0 Å². The van der Waals surface area contributed by atoms with Gasteiger partial charge in [-0.2, -0.15) is 18.3 Å². The van der Waals surface area contributed by atoms with E-state index >= 15 is 0 Å². The van der Waals surface area contributed by atoms with Crippen LogP contribution in [-0.2, 0) is 6.18 Å². The third-order valence-electron chi connectivity index (χ3n) is 2.87. The molecule has 0 aliphatic carbocycles. The minimum Gasteiger partial charge on any atom is -0.494 e. The number of halogens is 3. The van der Waals surface area contributed by atoms with Crippen molar-refractivity contribution < 1.29 is 22.7 Å². The number of aromatic amines is 1. The fourth-order valence-electron chi connectivity index (χ4n) is 1.91. The van der Waals surface area contributed by atoms with Crippen LogP contribution in [0.25, 0.3) is 0 Å². The van der Waals surface area contributed by atoms with Crippen molar-refractivity contribution in [1.29, 1.82) is 0 Å². The number of carbonyl (C=O) groups excluding carboxylic acids is 1. The Morgan fingerprint density at radius 1 is 1.32 bits per heavy atom. The smallest absolute Gasteiger partial charge is 0.435 e. The standard InChI is InChI=1S/C14H14F3N3O2/c1-3-22-10-6-4-9(5-7-10)18-13(21)11-8(2)19-20-12(11)14(15,16)17/h4-7H,3H2,1-2H3,(H,18,21)(H,19,20).